The molecule has 0 amide bonds. The Bertz CT molecular complexity index is 404. The summed E-state index contributed by atoms with van der Waals surface area (Å²) in [6.45, 7) is 1.59. The van der Waals surface area contributed by atoms with E-state index in [4.69, 9.17) is 26.8 Å². The summed E-state index contributed by atoms with van der Waals surface area (Å²) >= 11 is 6.05. The van der Waals surface area contributed by atoms with Crippen LogP contribution in [-0.4, -0.2) is 26.0 Å². The highest BCUT2D eigenvalue weighted by molar-refractivity contribution is 6.36. The van der Waals surface area contributed by atoms with Crippen LogP contribution in [0.2, 0.25) is 5.02 Å². The summed E-state index contributed by atoms with van der Waals surface area (Å²) in [5.74, 6) is 0.542. The Labute approximate surface area is 99.3 Å². The summed E-state index contributed by atoms with van der Waals surface area (Å²) < 4.78 is 10.1. The fourth-order valence-electron chi connectivity index (χ4n) is 1.32. The number of rotatable bonds is 4. The average molecular weight is 244 g/mol. The molecular weight excluding hydrogens is 230 g/mol. The minimum atomic E-state index is -0.640. The van der Waals surface area contributed by atoms with Gasteiger partial charge in [0.15, 0.2) is 5.78 Å². The van der Waals surface area contributed by atoms with Gasteiger partial charge >= 0.3 is 0 Å². The van der Waals surface area contributed by atoms with Crippen LogP contribution in [0.15, 0.2) is 12.1 Å². The summed E-state index contributed by atoms with van der Waals surface area (Å²) in [5.41, 5.74) is 5.81. The maximum atomic E-state index is 11.9. The van der Waals surface area contributed by atoms with E-state index in [0.717, 1.165) is 0 Å². The van der Waals surface area contributed by atoms with Crippen LogP contribution in [0, 0.1) is 0 Å². The molecule has 5 heteroatoms. The first-order chi connectivity index (χ1) is 7.52. The number of Topliss-reactive ketones (excluding diaryl/α,β-unsaturated/α-hetero) is 1. The molecule has 0 spiro atoms. The molecular formula is C11H14ClNO3. The molecule has 0 radical (unpaired) electrons. The number of carbonyl (C=O) groups excluding carboxylic acids is 1. The maximum absolute atomic E-state index is 11.9. The molecule has 4 nitrogen and oxygen atoms in total. The molecule has 16 heavy (non-hydrogen) atoms. The fraction of sp³-hybridized carbons (Fsp3) is 0.364. The lowest BCUT2D eigenvalue weighted by Gasteiger charge is -2.13. The van der Waals surface area contributed by atoms with Crippen molar-refractivity contribution in [2.45, 2.75) is 13.0 Å². The first kappa shape index (κ1) is 12.8. The van der Waals surface area contributed by atoms with Gasteiger partial charge in [0, 0.05) is 0 Å². The Morgan fingerprint density at radius 3 is 2.25 bits per heavy atom. The molecule has 1 unspecified atom stereocenters. The second-order valence-corrected chi connectivity index (χ2v) is 3.69. The van der Waals surface area contributed by atoms with Crippen LogP contribution in [0.25, 0.3) is 0 Å². The first-order valence-electron chi connectivity index (χ1n) is 4.73. The molecule has 0 aromatic heterocycles. The fourth-order valence-corrected chi connectivity index (χ4v) is 1.65. The lowest BCUT2D eigenvalue weighted by atomic mass is 10.0. The van der Waals surface area contributed by atoms with Crippen molar-refractivity contribution < 1.29 is 14.3 Å². The predicted octanol–water partition coefficient (Wildman–Crippen LogP) is 1.89. The van der Waals surface area contributed by atoms with Gasteiger partial charge in [0.05, 0.1) is 30.8 Å². The van der Waals surface area contributed by atoms with Gasteiger partial charge in [0.25, 0.3) is 0 Å². The number of ether oxygens (including phenoxy) is 2. The molecule has 0 heterocycles. The third-order valence-corrected chi connectivity index (χ3v) is 2.54. The zero-order valence-electron chi connectivity index (χ0n) is 9.41. The Morgan fingerprint density at radius 1 is 1.31 bits per heavy atom. The van der Waals surface area contributed by atoms with Gasteiger partial charge in [0.1, 0.15) is 11.5 Å². The van der Waals surface area contributed by atoms with Crippen molar-refractivity contribution in [2.24, 2.45) is 5.73 Å². The number of halogens is 1. The second-order valence-electron chi connectivity index (χ2n) is 3.31. The minimum absolute atomic E-state index is 0.226. The molecule has 0 saturated heterocycles. The molecule has 1 atom stereocenters. The van der Waals surface area contributed by atoms with Crippen molar-refractivity contribution in [1.29, 1.82) is 0 Å². The monoisotopic (exact) mass is 243 g/mol. The van der Waals surface area contributed by atoms with E-state index >= 15 is 0 Å². The third-order valence-electron chi connectivity index (χ3n) is 2.17. The van der Waals surface area contributed by atoms with Crippen LogP contribution in [0.4, 0.5) is 0 Å². The molecule has 1 aromatic carbocycles. The van der Waals surface area contributed by atoms with Crippen molar-refractivity contribution >= 4 is 17.4 Å². The van der Waals surface area contributed by atoms with Crippen molar-refractivity contribution in [3.8, 4) is 11.5 Å². The van der Waals surface area contributed by atoms with Crippen LogP contribution < -0.4 is 15.2 Å². The Kier molecular flexibility index (Phi) is 4.15. The van der Waals surface area contributed by atoms with Crippen LogP contribution >= 0.6 is 11.6 Å². The number of carbonyl (C=O) groups is 1. The number of benzene rings is 1. The Balaban J connectivity index is 3.37. The molecule has 0 aliphatic carbocycles. The summed E-state index contributed by atoms with van der Waals surface area (Å²) in [5, 5.41) is 0.226. The van der Waals surface area contributed by atoms with Crippen LogP contribution in [0.1, 0.15) is 17.3 Å². The van der Waals surface area contributed by atoms with Gasteiger partial charge in [0.2, 0.25) is 0 Å². The van der Waals surface area contributed by atoms with Gasteiger partial charge in [-0.1, -0.05) is 11.6 Å². The molecule has 0 saturated carbocycles. The number of hydrogen-bond acceptors (Lipinski definition) is 4. The number of ketones is 1. The van der Waals surface area contributed by atoms with E-state index in [1.807, 2.05) is 0 Å². The number of nitrogens with two attached hydrogens (primary N) is 1. The van der Waals surface area contributed by atoms with Crippen LogP contribution in [-0.2, 0) is 0 Å². The van der Waals surface area contributed by atoms with Crippen molar-refractivity contribution in [1.82, 2.24) is 0 Å². The van der Waals surface area contributed by atoms with Crippen molar-refractivity contribution in [3.63, 3.8) is 0 Å². The average Bonchev–Trinajstić information content (AvgIpc) is 2.27. The highest BCUT2D eigenvalue weighted by Gasteiger charge is 2.22. The van der Waals surface area contributed by atoms with Gasteiger partial charge < -0.3 is 15.2 Å². The smallest absolute Gasteiger partial charge is 0.184 e. The molecule has 0 fully saturated rings. The number of methoxy groups -OCH3 is 2. The Morgan fingerprint density at radius 2 is 1.81 bits per heavy atom. The first-order valence-corrected chi connectivity index (χ1v) is 5.11. The highest BCUT2D eigenvalue weighted by Crippen LogP contribution is 2.35. The molecule has 0 aliphatic rings. The van der Waals surface area contributed by atoms with E-state index in [1.54, 1.807) is 19.1 Å². The highest BCUT2D eigenvalue weighted by atomic mass is 35.5. The predicted molar refractivity (Wildman–Crippen MR) is 62.5 cm³/mol. The summed E-state index contributed by atoms with van der Waals surface area (Å²) in [6, 6.07) is 2.62. The standard InChI is InChI=1S/C11H14ClNO3/c1-6(13)11(14)9-7(15-2)4-5-8(16-3)10(9)12/h4-6H,13H2,1-3H3. The van der Waals surface area contributed by atoms with E-state index in [1.165, 1.54) is 14.2 Å². The molecule has 0 aliphatic heterocycles. The minimum Gasteiger partial charge on any atom is -0.496 e. The largest absolute Gasteiger partial charge is 0.496 e. The third kappa shape index (κ3) is 2.28. The quantitative estimate of drug-likeness (QED) is 0.821. The van der Waals surface area contributed by atoms with Gasteiger partial charge in [-0.3, -0.25) is 4.79 Å². The number of hydrogen-bond donors (Lipinski definition) is 1. The topological polar surface area (TPSA) is 61.5 Å². The van der Waals surface area contributed by atoms with E-state index in [9.17, 15) is 4.79 Å². The van der Waals surface area contributed by atoms with E-state index in [-0.39, 0.29) is 16.4 Å². The molecule has 1 aromatic rings. The summed E-state index contributed by atoms with van der Waals surface area (Å²) in [4.78, 5) is 11.9. The molecule has 88 valence electrons. The summed E-state index contributed by atoms with van der Waals surface area (Å²) in [7, 11) is 2.95. The van der Waals surface area contributed by atoms with Gasteiger partial charge in [-0.05, 0) is 19.1 Å². The molecule has 2 N–H and O–H groups in total. The van der Waals surface area contributed by atoms with Gasteiger partial charge in [-0.15, -0.1) is 0 Å². The Hall–Kier alpha value is -1.26. The lowest BCUT2D eigenvalue weighted by molar-refractivity contribution is 0.0965. The van der Waals surface area contributed by atoms with Crippen LogP contribution in [0.5, 0.6) is 11.5 Å². The lowest BCUT2D eigenvalue weighted by Crippen LogP contribution is -2.27. The van der Waals surface area contributed by atoms with Crippen molar-refractivity contribution in [2.75, 3.05) is 14.2 Å². The normalized spacial score (nSPS) is 12.1. The summed E-state index contributed by atoms with van der Waals surface area (Å²) in [6.07, 6.45) is 0. The van der Waals surface area contributed by atoms with Crippen LogP contribution in [0.3, 0.4) is 0 Å². The van der Waals surface area contributed by atoms with Gasteiger partial charge in [-0.25, -0.2) is 0 Å². The van der Waals surface area contributed by atoms with E-state index in [0.29, 0.717) is 11.5 Å². The van der Waals surface area contributed by atoms with Crippen molar-refractivity contribution in [3.05, 3.63) is 22.7 Å². The van der Waals surface area contributed by atoms with E-state index < -0.39 is 6.04 Å². The SMILES string of the molecule is COc1ccc(OC)c(C(=O)C(C)N)c1Cl. The molecule has 0 bridgehead atoms. The van der Waals surface area contributed by atoms with E-state index in [2.05, 4.69) is 0 Å². The molecule has 1 rings (SSSR count). The maximum Gasteiger partial charge on any atom is 0.184 e. The second kappa shape index (κ2) is 5.18. The van der Waals surface area contributed by atoms with Gasteiger partial charge in [-0.2, -0.15) is 0 Å². The zero-order chi connectivity index (χ0) is 12.3. The zero-order valence-corrected chi connectivity index (χ0v) is 10.2.